The van der Waals surface area contributed by atoms with Crippen molar-refractivity contribution in [1.29, 1.82) is 0 Å². The molecule has 0 fully saturated rings. The average Bonchev–Trinajstić information content (AvgIpc) is 3.93. The largest absolute Gasteiger partial charge is 0.310 e. The lowest BCUT2D eigenvalue weighted by molar-refractivity contribution is 0.768. The fourth-order valence-corrected chi connectivity index (χ4v) is 11.7. The number of nitrogens with zero attached hydrogens (tertiary/aromatic N) is 2. The van der Waals surface area contributed by atoms with Gasteiger partial charge in [-0.2, -0.15) is 0 Å². The molecule has 0 bridgehead atoms. The van der Waals surface area contributed by atoms with Gasteiger partial charge in [0.2, 0.25) is 0 Å². The van der Waals surface area contributed by atoms with Gasteiger partial charge in [0, 0.05) is 33.5 Å². The maximum atomic E-state index is 2.50. The van der Waals surface area contributed by atoms with Crippen molar-refractivity contribution in [3.8, 4) is 50.2 Å². The number of benzene rings is 11. The van der Waals surface area contributed by atoms with Crippen LogP contribution >= 0.6 is 0 Å². The van der Waals surface area contributed by atoms with Gasteiger partial charge in [0.1, 0.15) is 0 Å². The summed E-state index contributed by atoms with van der Waals surface area (Å²) >= 11 is 0. The highest BCUT2D eigenvalue weighted by Gasteiger charge is 2.47. The number of hydrogen-bond donors (Lipinski definition) is 0. The third-order valence-electron chi connectivity index (χ3n) is 14.9. The highest BCUT2D eigenvalue weighted by Crippen LogP contribution is 2.59. The smallest absolute Gasteiger partial charge is 0.0714 e. The predicted octanol–water partition coefficient (Wildman–Crippen LogP) is 18.2. The third-order valence-corrected chi connectivity index (χ3v) is 14.9. The average molecular weight is 907 g/mol. The number of anilines is 3. The Bertz CT molecular complexity index is 3800. The van der Waals surface area contributed by atoms with E-state index >= 15 is 0 Å². The van der Waals surface area contributed by atoms with E-state index < -0.39 is 5.41 Å². The van der Waals surface area contributed by atoms with Crippen molar-refractivity contribution >= 4 is 38.9 Å². The van der Waals surface area contributed by atoms with Crippen LogP contribution in [0.2, 0.25) is 0 Å². The molecule has 0 unspecified atom stereocenters. The minimum atomic E-state index is -0.628. The second kappa shape index (κ2) is 17.2. The van der Waals surface area contributed by atoms with Gasteiger partial charge in [-0.25, -0.2) is 0 Å². The highest BCUT2D eigenvalue weighted by atomic mass is 15.1. The van der Waals surface area contributed by atoms with Crippen molar-refractivity contribution < 1.29 is 0 Å². The minimum Gasteiger partial charge on any atom is -0.310 e. The van der Waals surface area contributed by atoms with E-state index in [1.165, 1.54) is 99.7 Å². The Morgan fingerprint density at radius 3 is 1.45 bits per heavy atom. The first-order valence-corrected chi connectivity index (χ1v) is 24.7. The molecule has 2 heteroatoms. The van der Waals surface area contributed by atoms with E-state index in [1.54, 1.807) is 0 Å². The topological polar surface area (TPSA) is 8.17 Å². The number of aryl methyl sites for hydroxylation is 2. The molecule has 11 aromatic carbocycles. The van der Waals surface area contributed by atoms with E-state index in [4.69, 9.17) is 0 Å². The van der Waals surface area contributed by atoms with Crippen molar-refractivity contribution in [3.05, 3.63) is 300 Å². The fraction of sp³-hybridized carbons (Fsp3) is 0.0435. The van der Waals surface area contributed by atoms with E-state index in [2.05, 4.69) is 290 Å². The summed E-state index contributed by atoms with van der Waals surface area (Å²) < 4.78 is 2.40. The van der Waals surface area contributed by atoms with Crippen LogP contribution in [-0.2, 0) is 5.41 Å². The Hall–Kier alpha value is -8.98. The third kappa shape index (κ3) is 6.86. The monoisotopic (exact) mass is 906 g/mol. The molecular weight excluding hydrogens is 857 g/mol. The Morgan fingerprint density at radius 2 is 0.859 bits per heavy atom. The van der Waals surface area contributed by atoms with Crippen molar-refractivity contribution in [2.75, 3.05) is 4.90 Å². The molecule has 0 atom stereocenters. The van der Waals surface area contributed by atoms with Crippen LogP contribution < -0.4 is 4.90 Å². The zero-order chi connectivity index (χ0) is 47.5. The molecule has 0 radical (unpaired) electrons. The van der Waals surface area contributed by atoms with Crippen molar-refractivity contribution in [2.45, 2.75) is 19.3 Å². The molecule has 1 heterocycles. The molecule has 0 spiro atoms. The number of hydrogen-bond acceptors (Lipinski definition) is 1. The standard InChI is InChI=1S/C69H50N2/c1-47-43-51(49-21-8-3-9-22-49)35-40-64(47)71(65-41-36-52(44-48(65)2)50-23-10-4-11-24-50)57-38-39-60-63(46-57)69(54-25-12-5-13-26-54,55-27-14-6-15-28-55)62-33-20-32-58(68(60)62)53-37-42-67-61(45-53)59-31-18-19-34-66(59)70(67)56-29-16-7-17-30-56/h3-46H,1-2H3. The van der Waals surface area contributed by atoms with E-state index in [-0.39, 0.29) is 0 Å². The lowest BCUT2D eigenvalue weighted by Gasteiger charge is -2.35. The van der Waals surface area contributed by atoms with Crippen molar-refractivity contribution in [3.63, 3.8) is 0 Å². The van der Waals surface area contributed by atoms with Gasteiger partial charge in [0.05, 0.1) is 16.4 Å². The van der Waals surface area contributed by atoms with Crippen LogP contribution in [0.15, 0.2) is 267 Å². The maximum absolute atomic E-state index is 2.50. The quantitative estimate of drug-likeness (QED) is 0.140. The molecular formula is C69H50N2. The summed E-state index contributed by atoms with van der Waals surface area (Å²) in [7, 11) is 0. The van der Waals surface area contributed by atoms with E-state index in [9.17, 15) is 0 Å². The first-order valence-electron chi connectivity index (χ1n) is 24.7. The summed E-state index contributed by atoms with van der Waals surface area (Å²) in [6.45, 7) is 4.51. The van der Waals surface area contributed by atoms with Crippen molar-refractivity contribution in [2.24, 2.45) is 0 Å². The van der Waals surface area contributed by atoms with Crippen LogP contribution in [-0.4, -0.2) is 4.57 Å². The Morgan fingerprint density at radius 1 is 0.338 bits per heavy atom. The normalized spacial score (nSPS) is 12.5. The van der Waals surface area contributed by atoms with Crippen molar-refractivity contribution in [1.82, 2.24) is 4.57 Å². The number of rotatable bonds is 9. The molecule has 12 aromatic rings. The number of fused-ring (bicyclic) bond motifs is 6. The summed E-state index contributed by atoms with van der Waals surface area (Å²) in [4.78, 5) is 2.50. The first-order chi connectivity index (χ1) is 35.1. The number of aromatic nitrogens is 1. The molecule has 2 nitrogen and oxygen atoms in total. The second-order valence-electron chi connectivity index (χ2n) is 18.9. The van der Waals surface area contributed by atoms with E-state index in [0.717, 1.165) is 22.7 Å². The Kier molecular flexibility index (Phi) is 10.2. The van der Waals surface area contributed by atoms with E-state index in [1.807, 2.05) is 0 Å². The van der Waals surface area contributed by atoms with Gasteiger partial charge >= 0.3 is 0 Å². The first kappa shape index (κ1) is 42.1. The summed E-state index contributed by atoms with van der Waals surface area (Å²) in [6.07, 6.45) is 0. The Balaban J connectivity index is 1.06. The van der Waals surface area contributed by atoms with Gasteiger partial charge in [0.15, 0.2) is 0 Å². The van der Waals surface area contributed by atoms with Crippen LogP contribution in [0.25, 0.3) is 72.0 Å². The van der Waals surface area contributed by atoms with Gasteiger partial charge < -0.3 is 9.47 Å². The second-order valence-corrected chi connectivity index (χ2v) is 18.9. The van der Waals surface area contributed by atoms with Crippen LogP contribution in [0.5, 0.6) is 0 Å². The van der Waals surface area contributed by atoms with Gasteiger partial charge in [-0.1, -0.05) is 200 Å². The van der Waals surface area contributed by atoms with Crippen LogP contribution in [0, 0.1) is 13.8 Å². The molecule has 0 N–H and O–H groups in total. The van der Waals surface area contributed by atoms with Gasteiger partial charge in [0.25, 0.3) is 0 Å². The lowest BCUT2D eigenvalue weighted by Crippen LogP contribution is -2.28. The molecule has 13 rings (SSSR count). The van der Waals surface area contributed by atoms with E-state index in [0.29, 0.717) is 0 Å². The zero-order valence-corrected chi connectivity index (χ0v) is 39.8. The maximum Gasteiger partial charge on any atom is 0.0714 e. The molecule has 1 aliphatic carbocycles. The van der Waals surface area contributed by atoms with Gasteiger partial charge in [-0.3, -0.25) is 0 Å². The van der Waals surface area contributed by atoms with Gasteiger partial charge in [-0.15, -0.1) is 0 Å². The molecule has 0 saturated heterocycles. The summed E-state index contributed by atoms with van der Waals surface area (Å²) in [5.41, 5.74) is 23.5. The van der Waals surface area contributed by atoms with Crippen LogP contribution in [0.1, 0.15) is 33.4 Å². The molecule has 71 heavy (non-hydrogen) atoms. The summed E-state index contributed by atoms with van der Waals surface area (Å²) in [5.74, 6) is 0. The molecule has 0 saturated carbocycles. The fourth-order valence-electron chi connectivity index (χ4n) is 11.7. The lowest BCUT2D eigenvalue weighted by atomic mass is 9.67. The highest BCUT2D eigenvalue weighted by molar-refractivity contribution is 6.11. The predicted molar refractivity (Wildman–Crippen MR) is 299 cm³/mol. The molecule has 0 amide bonds. The minimum absolute atomic E-state index is 0.628. The Labute approximate surface area is 416 Å². The van der Waals surface area contributed by atoms with Crippen LogP contribution in [0.4, 0.5) is 17.1 Å². The SMILES string of the molecule is Cc1cc(-c2ccccc2)ccc1N(c1ccc2c(c1)C(c1ccccc1)(c1ccccc1)c1cccc(-c3ccc4c(c3)c3ccccc3n4-c3ccccc3)c1-2)c1ccc(-c2ccccc2)cc1C. The molecule has 1 aromatic heterocycles. The summed E-state index contributed by atoms with van der Waals surface area (Å²) in [5, 5.41) is 2.48. The molecule has 1 aliphatic rings. The zero-order valence-electron chi connectivity index (χ0n) is 39.8. The number of para-hydroxylation sites is 2. The molecule has 0 aliphatic heterocycles. The van der Waals surface area contributed by atoms with Gasteiger partial charge in [-0.05, 0) is 158 Å². The summed E-state index contributed by atoms with van der Waals surface area (Å²) in [6, 6.07) is 98.5. The molecule has 336 valence electrons. The van der Waals surface area contributed by atoms with Crippen LogP contribution in [0.3, 0.4) is 0 Å².